The van der Waals surface area contributed by atoms with Crippen LogP contribution in [0.15, 0.2) is 12.7 Å². The largest absolute Gasteiger partial charge is 0.295 e. The van der Waals surface area contributed by atoms with Crippen molar-refractivity contribution in [2.24, 2.45) is 0 Å². The average molecular weight is 137 g/mol. The van der Waals surface area contributed by atoms with Crippen molar-refractivity contribution in [1.29, 1.82) is 0 Å². The van der Waals surface area contributed by atoms with Gasteiger partial charge in [0.1, 0.15) is 0 Å². The van der Waals surface area contributed by atoms with Gasteiger partial charge >= 0.3 is 0 Å². The molecule has 0 bridgehead atoms. The maximum Gasteiger partial charge on any atom is 0.0599 e. The van der Waals surface area contributed by atoms with Gasteiger partial charge < -0.3 is 0 Å². The maximum atomic E-state index is 3.65. The first-order valence-corrected chi connectivity index (χ1v) is 3.50. The van der Waals surface area contributed by atoms with E-state index in [1.165, 1.54) is 0 Å². The topological polar surface area (TPSA) is 3.24 Å². The smallest absolute Gasteiger partial charge is 0.0599 e. The Morgan fingerprint density at radius 2 is 2.30 bits per heavy atom. The molecule has 0 heterocycles. The Balaban J connectivity index is 3.30. The van der Waals surface area contributed by atoms with Gasteiger partial charge in [0.05, 0.1) is 6.54 Å². The Morgan fingerprint density at radius 1 is 1.60 bits per heavy atom. The van der Waals surface area contributed by atoms with Gasteiger partial charge in [-0.15, -0.1) is 12.5 Å². The van der Waals surface area contributed by atoms with E-state index in [2.05, 4.69) is 30.4 Å². The van der Waals surface area contributed by atoms with Crippen molar-refractivity contribution in [1.82, 2.24) is 4.90 Å². The van der Waals surface area contributed by atoms with Crippen LogP contribution in [0.4, 0.5) is 0 Å². The number of nitrogens with zero attached hydrogens (tertiary/aromatic N) is 1. The Morgan fingerprint density at radius 3 is 2.80 bits per heavy atom. The van der Waals surface area contributed by atoms with E-state index < -0.39 is 0 Å². The van der Waals surface area contributed by atoms with Crippen LogP contribution in [0.2, 0.25) is 0 Å². The molecule has 0 rings (SSSR count). The molecule has 0 fully saturated rings. The first-order valence-electron chi connectivity index (χ1n) is 3.50. The highest BCUT2D eigenvalue weighted by molar-refractivity contribution is 4.97. The van der Waals surface area contributed by atoms with E-state index in [-0.39, 0.29) is 0 Å². The summed E-state index contributed by atoms with van der Waals surface area (Å²) >= 11 is 0. The van der Waals surface area contributed by atoms with Crippen LogP contribution in [0.25, 0.3) is 0 Å². The molecule has 0 aromatic carbocycles. The lowest BCUT2D eigenvalue weighted by Crippen LogP contribution is -2.19. The zero-order chi connectivity index (χ0) is 7.82. The molecule has 0 aliphatic heterocycles. The Hall–Kier alpha value is -0.740. The first kappa shape index (κ1) is 9.26. The summed E-state index contributed by atoms with van der Waals surface area (Å²) in [5.74, 6) is 5.86. The highest BCUT2D eigenvalue weighted by Gasteiger charge is 1.90. The van der Waals surface area contributed by atoms with Crippen molar-refractivity contribution in [2.45, 2.75) is 13.3 Å². The minimum Gasteiger partial charge on any atom is -0.295 e. The van der Waals surface area contributed by atoms with Gasteiger partial charge in [-0.05, 0) is 20.4 Å². The highest BCUT2D eigenvalue weighted by Crippen LogP contribution is 1.85. The normalized spacial score (nSPS) is 8.70. The van der Waals surface area contributed by atoms with Gasteiger partial charge in [0.15, 0.2) is 0 Å². The molecule has 56 valence electrons. The van der Waals surface area contributed by atoms with Crippen LogP contribution in [0.3, 0.4) is 0 Å². The van der Waals surface area contributed by atoms with Crippen LogP contribution >= 0.6 is 0 Å². The van der Waals surface area contributed by atoms with Crippen LogP contribution in [0, 0.1) is 11.8 Å². The summed E-state index contributed by atoms with van der Waals surface area (Å²) in [7, 11) is 2.06. The van der Waals surface area contributed by atoms with Crippen LogP contribution < -0.4 is 0 Å². The van der Waals surface area contributed by atoms with Gasteiger partial charge in [0, 0.05) is 6.54 Å². The molecule has 0 saturated carbocycles. The fourth-order valence-corrected chi connectivity index (χ4v) is 0.605. The molecule has 0 amide bonds. The third-order valence-corrected chi connectivity index (χ3v) is 1.24. The molecule has 0 aromatic heterocycles. The molecule has 0 aromatic rings. The highest BCUT2D eigenvalue weighted by atomic mass is 15.1. The average Bonchev–Trinajstić information content (AvgIpc) is 1.97. The monoisotopic (exact) mass is 137 g/mol. The summed E-state index contributed by atoms with van der Waals surface area (Å²) < 4.78 is 0. The molecule has 0 spiro atoms. The molecule has 1 heteroatoms. The van der Waals surface area contributed by atoms with E-state index in [1.54, 1.807) is 0 Å². The van der Waals surface area contributed by atoms with Crippen molar-refractivity contribution >= 4 is 0 Å². The van der Waals surface area contributed by atoms with Gasteiger partial charge in [-0.2, -0.15) is 0 Å². The van der Waals surface area contributed by atoms with Gasteiger partial charge in [0.2, 0.25) is 0 Å². The van der Waals surface area contributed by atoms with Gasteiger partial charge in [-0.3, -0.25) is 4.90 Å². The lowest BCUT2D eigenvalue weighted by molar-refractivity contribution is 0.384. The number of hydrogen-bond donors (Lipinski definition) is 0. The van der Waals surface area contributed by atoms with Crippen LogP contribution in [-0.4, -0.2) is 25.0 Å². The molecular formula is C9H15N. The van der Waals surface area contributed by atoms with Crippen molar-refractivity contribution in [2.75, 3.05) is 20.1 Å². The lowest BCUT2D eigenvalue weighted by atomic mass is 10.4. The van der Waals surface area contributed by atoms with Crippen LogP contribution in [-0.2, 0) is 0 Å². The zero-order valence-electron chi connectivity index (χ0n) is 6.85. The quantitative estimate of drug-likeness (QED) is 0.419. The first-order chi connectivity index (χ1) is 4.81. The van der Waals surface area contributed by atoms with E-state index in [0.717, 1.165) is 19.5 Å². The molecule has 0 N–H and O–H groups in total. The van der Waals surface area contributed by atoms with E-state index in [9.17, 15) is 0 Å². The molecule has 0 saturated heterocycles. The maximum absolute atomic E-state index is 3.65. The van der Waals surface area contributed by atoms with Gasteiger partial charge in [0.25, 0.3) is 0 Å². The third kappa shape index (κ3) is 5.40. The second kappa shape index (κ2) is 6.38. The summed E-state index contributed by atoms with van der Waals surface area (Å²) in [5.41, 5.74) is 0. The van der Waals surface area contributed by atoms with Crippen molar-refractivity contribution < 1.29 is 0 Å². The number of rotatable bonds is 4. The zero-order valence-corrected chi connectivity index (χ0v) is 6.85. The van der Waals surface area contributed by atoms with E-state index in [1.807, 2.05) is 13.0 Å². The van der Waals surface area contributed by atoms with Crippen molar-refractivity contribution in [3.8, 4) is 11.8 Å². The van der Waals surface area contributed by atoms with Crippen LogP contribution in [0.1, 0.15) is 13.3 Å². The molecule has 1 nitrogen and oxygen atoms in total. The summed E-state index contributed by atoms with van der Waals surface area (Å²) in [4.78, 5) is 2.18. The Labute approximate surface area is 63.7 Å². The molecule has 10 heavy (non-hydrogen) atoms. The van der Waals surface area contributed by atoms with Gasteiger partial charge in [-0.25, -0.2) is 0 Å². The molecule has 0 atom stereocenters. The second-order valence-electron chi connectivity index (χ2n) is 2.24. The molecule has 0 aliphatic carbocycles. The van der Waals surface area contributed by atoms with Gasteiger partial charge in [-0.1, -0.05) is 12.0 Å². The van der Waals surface area contributed by atoms with Crippen LogP contribution in [0.5, 0.6) is 0 Å². The third-order valence-electron chi connectivity index (χ3n) is 1.24. The minimum atomic E-state index is 0.865. The van der Waals surface area contributed by atoms with E-state index >= 15 is 0 Å². The van der Waals surface area contributed by atoms with Crippen molar-refractivity contribution in [3.05, 3.63) is 12.7 Å². The van der Waals surface area contributed by atoms with Crippen molar-refractivity contribution in [3.63, 3.8) is 0 Å². The molecule has 0 radical (unpaired) electrons. The summed E-state index contributed by atoms with van der Waals surface area (Å²) in [6.45, 7) is 7.43. The SMILES string of the molecule is C=CCCN(C)CC#CC. The summed E-state index contributed by atoms with van der Waals surface area (Å²) in [5, 5.41) is 0. The minimum absolute atomic E-state index is 0.865. The molecular weight excluding hydrogens is 122 g/mol. The second-order valence-corrected chi connectivity index (χ2v) is 2.24. The standard InChI is InChI=1S/C9H15N/c1-4-6-8-10(3)9-7-5-2/h4H,1,6,8-9H2,2-3H3. The predicted molar refractivity (Wildman–Crippen MR) is 45.8 cm³/mol. The molecule has 0 aliphatic rings. The van der Waals surface area contributed by atoms with E-state index in [0.29, 0.717) is 0 Å². The summed E-state index contributed by atoms with van der Waals surface area (Å²) in [6.07, 6.45) is 2.97. The Kier molecular flexibility index (Phi) is 5.91. The fraction of sp³-hybridized carbons (Fsp3) is 0.556. The predicted octanol–water partition coefficient (Wildman–Crippen LogP) is 1.52. The fourth-order valence-electron chi connectivity index (χ4n) is 0.605. The Bertz CT molecular complexity index is 139. The summed E-state index contributed by atoms with van der Waals surface area (Å²) in [6, 6.07) is 0. The van der Waals surface area contributed by atoms with E-state index in [4.69, 9.17) is 0 Å². The number of hydrogen-bond acceptors (Lipinski definition) is 1. The lowest BCUT2D eigenvalue weighted by Gasteiger charge is -2.10. The molecule has 0 unspecified atom stereocenters.